The first kappa shape index (κ1) is 8.74. The van der Waals surface area contributed by atoms with Gasteiger partial charge in [-0.1, -0.05) is 12.1 Å². The lowest BCUT2D eigenvalue weighted by molar-refractivity contribution is -0.114. The fourth-order valence-corrected chi connectivity index (χ4v) is 0.922. The predicted octanol–water partition coefficient (Wildman–Crippen LogP) is 0.494. The quantitative estimate of drug-likeness (QED) is 0.642. The van der Waals surface area contributed by atoms with Gasteiger partial charge in [0.15, 0.2) is 0 Å². The minimum absolute atomic E-state index is 0.180. The highest BCUT2D eigenvalue weighted by Crippen LogP contribution is 2.10. The average molecular weight is 166 g/mol. The number of rotatable bonds is 3. The lowest BCUT2D eigenvalue weighted by Gasteiger charge is -2.02. The minimum Gasteiger partial charge on any atom is -0.508 e. The molecule has 1 atom stereocenters. The highest BCUT2D eigenvalue weighted by molar-refractivity contribution is 5.56. The Morgan fingerprint density at radius 3 is 2.42 bits per heavy atom. The number of aliphatic hydroxyl groups is 1. The summed E-state index contributed by atoms with van der Waals surface area (Å²) in [6.45, 7) is 0. The number of carbonyl (C=O) groups is 1. The molecular formula is C9H10O3. The predicted molar refractivity (Wildman–Crippen MR) is 43.9 cm³/mol. The third-order valence-corrected chi connectivity index (χ3v) is 1.54. The van der Waals surface area contributed by atoms with E-state index in [1.807, 2.05) is 0 Å². The number of aliphatic hydroxyl groups excluding tert-OH is 1. The molecule has 64 valence electrons. The smallest absolute Gasteiger partial charge is 0.148 e. The minimum atomic E-state index is -0.949. The Labute approximate surface area is 70.3 Å². The zero-order valence-electron chi connectivity index (χ0n) is 6.47. The zero-order chi connectivity index (χ0) is 8.97. The summed E-state index contributed by atoms with van der Waals surface area (Å²) in [5, 5.41) is 17.9. The van der Waals surface area contributed by atoms with Crippen molar-refractivity contribution < 1.29 is 15.0 Å². The summed E-state index contributed by atoms with van der Waals surface area (Å²) in [4.78, 5) is 10.1. The Bertz CT molecular complexity index is 253. The van der Waals surface area contributed by atoms with Crippen LogP contribution in [0.15, 0.2) is 24.3 Å². The lowest BCUT2D eigenvalue weighted by Crippen LogP contribution is -2.11. The van der Waals surface area contributed by atoms with Crippen LogP contribution < -0.4 is 0 Å². The van der Waals surface area contributed by atoms with Crippen molar-refractivity contribution in [2.45, 2.75) is 12.5 Å². The van der Waals surface area contributed by atoms with E-state index in [0.29, 0.717) is 12.7 Å². The van der Waals surface area contributed by atoms with Gasteiger partial charge in [-0.05, 0) is 17.7 Å². The van der Waals surface area contributed by atoms with Crippen molar-refractivity contribution in [1.82, 2.24) is 0 Å². The molecule has 1 aromatic rings. The Balaban J connectivity index is 2.64. The van der Waals surface area contributed by atoms with Crippen LogP contribution >= 0.6 is 0 Å². The number of hydrogen-bond acceptors (Lipinski definition) is 3. The second-order valence-electron chi connectivity index (χ2n) is 2.57. The van der Waals surface area contributed by atoms with E-state index in [9.17, 15) is 4.79 Å². The zero-order valence-corrected chi connectivity index (χ0v) is 6.47. The molecule has 0 radical (unpaired) electrons. The Kier molecular flexibility index (Phi) is 2.82. The van der Waals surface area contributed by atoms with E-state index < -0.39 is 6.10 Å². The number of aldehydes is 1. The van der Waals surface area contributed by atoms with E-state index in [2.05, 4.69) is 0 Å². The Morgan fingerprint density at radius 1 is 1.33 bits per heavy atom. The summed E-state index contributed by atoms with van der Waals surface area (Å²) >= 11 is 0. The van der Waals surface area contributed by atoms with Gasteiger partial charge >= 0.3 is 0 Å². The number of hydrogen-bond donors (Lipinski definition) is 2. The van der Waals surface area contributed by atoms with Crippen LogP contribution in [0.1, 0.15) is 5.56 Å². The molecule has 0 heterocycles. The molecule has 0 aliphatic rings. The molecule has 1 rings (SSSR count). The Hall–Kier alpha value is -1.35. The van der Waals surface area contributed by atoms with Gasteiger partial charge in [0, 0.05) is 6.42 Å². The summed E-state index contributed by atoms with van der Waals surface area (Å²) in [5.74, 6) is 0.180. The molecule has 1 aromatic carbocycles. The van der Waals surface area contributed by atoms with E-state index in [1.54, 1.807) is 12.1 Å². The monoisotopic (exact) mass is 166 g/mol. The maximum atomic E-state index is 10.1. The number of phenolic OH excluding ortho intramolecular Hbond substituents is 1. The summed E-state index contributed by atoms with van der Waals surface area (Å²) in [6, 6.07) is 6.38. The first-order valence-corrected chi connectivity index (χ1v) is 3.63. The van der Waals surface area contributed by atoms with Gasteiger partial charge in [0.05, 0.1) is 0 Å². The summed E-state index contributed by atoms with van der Waals surface area (Å²) in [6.07, 6.45) is -0.161. The van der Waals surface area contributed by atoms with E-state index in [1.165, 1.54) is 12.1 Å². The van der Waals surface area contributed by atoms with Crippen LogP contribution in [0.2, 0.25) is 0 Å². The van der Waals surface area contributed by atoms with E-state index in [-0.39, 0.29) is 5.75 Å². The number of benzene rings is 1. The number of aromatic hydroxyl groups is 1. The molecule has 0 unspecified atom stereocenters. The van der Waals surface area contributed by atoms with Crippen molar-refractivity contribution in [3.63, 3.8) is 0 Å². The third-order valence-electron chi connectivity index (χ3n) is 1.54. The molecule has 0 bridgehead atoms. The molecule has 0 fully saturated rings. The van der Waals surface area contributed by atoms with E-state index in [4.69, 9.17) is 10.2 Å². The summed E-state index contributed by atoms with van der Waals surface area (Å²) < 4.78 is 0. The van der Waals surface area contributed by atoms with Crippen LogP contribution in [-0.4, -0.2) is 22.6 Å². The van der Waals surface area contributed by atoms with Crippen LogP contribution in [-0.2, 0) is 11.2 Å². The van der Waals surface area contributed by atoms with Gasteiger partial charge in [-0.2, -0.15) is 0 Å². The van der Waals surface area contributed by atoms with Crippen LogP contribution in [0, 0.1) is 0 Å². The van der Waals surface area contributed by atoms with Crippen molar-refractivity contribution in [3.8, 4) is 5.75 Å². The highest BCUT2D eigenvalue weighted by Gasteiger charge is 2.02. The van der Waals surface area contributed by atoms with Crippen molar-refractivity contribution in [3.05, 3.63) is 29.8 Å². The first-order chi connectivity index (χ1) is 5.72. The number of phenols is 1. The van der Waals surface area contributed by atoms with Crippen molar-refractivity contribution >= 4 is 6.29 Å². The maximum absolute atomic E-state index is 10.1. The van der Waals surface area contributed by atoms with Crippen LogP contribution in [0.4, 0.5) is 0 Å². The fraction of sp³-hybridized carbons (Fsp3) is 0.222. The summed E-state index contributed by atoms with van der Waals surface area (Å²) in [5.41, 5.74) is 0.826. The normalized spacial score (nSPS) is 12.4. The molecule has 12 heavy (non-hydrogen) atoms. The number of carbonyl (C=O) groups excluding carboxylic acids is 1. The largest absolute Gasteiger partial charge is 0.508 e. The van der Waals surface area contributed by atoms with Gasteiger partial charge in [-0.15, -0.1) is 0 Å². The topological polar surface area (TPSA) is 57.5 Å². The molecule has 3 nitrogen and oxygen atoms in total. The molecule has 0 aliphatic heterocycles. The standard InChI is InChI=1S/C9H10O3/c10-6-9(12)5-7-1-3-8(11)4-2-7/h1-4,6,9,11-12H,5H2/t9-/m0/s1. The average Bonchev–Trinajstić information content (AvgIpc) is 2.09. The second kappa shape index (κ2) is 3.88. The second-order valence-corrected chi connectivity index (χ2v) is 2.57. The van der Waals surface area contributed by atoms with Crippen molar-refractivity contribution in [2.75, 3.05) is 0 Å². The van der Waals surface area contributed by atoms with Crippen LogP contribution in [0.3, 0.4) is 0 Å². The first-order valence-electron chi connectivity index (χ1n) is 3.63. The van der Waals surface area contributed by atoms with Crippen molar-refractivity contribution in [2.24, 2.45) is 0 Å². The van der Waals surface area contributed by atoms with Gasteiger partial charge in [-0.3, -0.25) is 0 Å². The fourth-order valence-electron chi connectivity index (χ4n) is 0.922. The summed E-state index contributed by atoms with van der Waals surface area (Å²) in [7, 11) is 0. The molecule has 0 spiro atoms. The van der Waals surface area contributed by atoms with Crippen LogP contribution in [0.25, 0.3) is 0 Å². The Morgan fingerprint density at radius 2 is 1.92 bits per heavy atom. The molecule has 0 amide bonds. The molecule has 3 heteroatoms. The molecule has 0 saturated heterocycles. The van der Waals surface area contributed by atoms with Gasteiger partial charge in [-0.25, -0.2) is 0 Å². The molecule has 0 saturated carbocycles. The highest BCUT2D eigenvalue weighted by atomic mass is 16.3. The van der Waals surface area contributed by atoms with Gasteiger partial charge in [0.25, 0.3) is 0 Å². The third kappa shape index (κ3) is 2.36. The molecule has 2 N–H and O–H groups in total. The lowest BCUT2D eigenvalue weighted by atomic mass is 10.1. The molecular weight excluding hydrogens is 156 g/mol. The van der Waals surface area contributed by atoms with Gasteiger partial charge in [0.2, 0.25) is 0 Å². The van der Waals surface area contributed by atoms with E-state index in [0.717, 1.165) is 5.56 Å². The molecule has 0 aliphatic carbocycles. The maximum Gasteiger partial charge on any atom is 0.148 e. The van der Waals surface area contributed by atoms with Crippen molar-refractivity contribution in [1.29, 1.82) is 0 Å². The molecule has 0 aromatic heterocycles. The van der Waals surface area contributed by atoms with E-state index >= 15 is 0 Å². The van der Waals surface area contributed by atoms with Crippen LogP contribution in [0.5, 0.6) is 5.75 Å². The SMILES string of the molecule is O=C[C@@H](O)Cc1ccc(O)cc1. The van der Waals surface area contributed by atoms with Gasteiger partial charge in [0.1, 0.15) is 18.1 Å². The van der Waals surface area contributed by atoms with Gasteiger partial charge < -0.3 is 15.0 Å².